The van der Waals surface area contributed by atoms with Gasteiger partial charge in [-0.1, -0.05) is 6.07 Å². The molecular formula is C8H10N2O2. The molecule has 0 fully saturated rings. The highest BCUT2D eigenvalue weighted by Gasteiger charge is 2.00. The number of nitrogens with zero attached hydrogens (tertiary/aromatic N) is 1. The minimum absolute atomic E-state index is 0.306. The van der Waals surface area contributed by atoms with Crippen molar-refractivity contribution in [1.82, 2.24) is 10.3 Å². The van der Waals surface area contributed by atoms with E-state index in [4.69, 9.17) is 4.74 Å². The second-order valence-corrected chi connectivity index (χ2v) is 2.31. The van der Waals surface area contributed by atoms with E-state index in [1.807, 2.05) is 13.0 Å². The molecule has 0 bridgehead atoms. The van der Waals surface area contributed by atoms with Gasteiger partial charge in [-0.15, -0.1) is 0 Å². The van der Waals surface area contributed by atoms with Crippen molar-refractivity contribution in [3.8, 4) is 5.88 Å². The average molecular weight is 166 g/mol. The Morgan fingerprint density at radius 2 is 2.33 bits per heavy atom. The van der Waals surface area contributed by atoms with E-state index in [0.29, 0.717) is 5.88 Å². The first-order valence-corrected chi connectivity index (χ1v) is 3.54. The average Bonchev–Trinajstić information content (AvgIpc) is 2.09. The predicted molar refractivity (Wildman–Crippen MR) is 44.1 cm³/mol. The van der Waals surface area contributed by atoms with Crippen LogP contribution >= 0.6 is 0 Å². The molecule has 4 heteroatoms. The van der Waals surface area contributed by atoms with Gasteiger partial charge in [0, 0.05) is 19.3 Å². The largest absolute Gasteiger partial charge is 0.413 e. The lowest BCUT2D eigenvalue weighted by Gasteiger charge is -2.01. The molecule has 1 N–H and O–H groups in total. The number of aromatic nitrogens is 1. The molecule has 0 aliphatic heterocycles. The highest BCUT2D eigenvalue weighted by Crippen LogP contribution is 2.05. The Hall–Kier alpha value is -1.58. The molecule has 1 amide bonds. The number of carbonyl (C=O) groups excluding carboxylic acids is 1. The number of aryl methyl sites for hydroxylation is 1. The van der Waals surface area contributed by atoms with Gasteiger partial charge in [0.05, 0.1) is 0 Å². The molecule has 4 nitrogen and oxygen atoms in total. The van der Waals surface area contributed by atoms with Gasteiger partial charge in [0.25, 0.3) is 0 Å². The summed E-state index contributed by atoms with van der Waals surface area (Å²) in [5.41, 5.74) is 1.03. The fourth-order valence-electron chi connectivity index (χ4n) is 0.661. The molecule has 1 heterocycles. The Morgan fingerprint density at radius 1 is 1.58 bits per heavy atom. The van der Waals surface area contributed by atoms with Crippen molar-refractivity contribution in [3.63, 3.8) is 0 Å². The highest BCUT2D eigenvalue weighted by molar-refractivity contribution is 5.69. The maximum absolute atomic E-state index is 10.7. The van der Waals surface area contributed by atoms with E-state index in [-0.39, 0.29) is 0 Å². The number of nitrogens with one attached hydrogen (secondary N) is 1. The minimum atomic E-state index is -0.508. The number of carbonyl (C=O) groups is 1. The van der Waals surface area contributed by atoms with Gasteiger partial charge in [0.15, 0.2) is 0 Å². The highest BCUT2D eigenvalue weighted by atomic mass is 16.6. The Labute approximate surface area is 70.6 Å². The second-order valence-electron chi connectivity index (χ2n) is 2.31. The van der Waals surface area contributed by atoms with Gasteiger partial charge in [0.1, 0.15) is 0 Å². The smallest absolute Gasteiger partial charge is 0.391 e. The molecule has 1 aromatic heterocycles. The fourth-order valence-corrected chi connectivity index (χ4v) is 0.661. The first kappa shape index (κ1) is 8.52. The van der Waals surface area contributed by atoms with Crippen molar-refractivity contribution in [2.45, 2.75) is 6.92 Å². The molecule has 0 aliphatic carbocycles. The molecule has 0 saturated heterocycles. The van der Waals surface area contributed by atoms with Crippen molar-refractivity contribution in [2.75, 3.05) is 7.05 Å². The lowest BCUT2D eigenvalue weighted by atomic mass is 10.3. The van der Waals surface area contributed by atoms with E-state index < -0.39 is 6.09 Å². The van der Waals surface area contributed by atoms with Crippen LogP contribution in [0.4, 0.5) is 4.79 Å². The summed E-state index contributed by atoms with van der Waals surface area (Å²) < 4.78 is 4.76. The van der Waals surface area contributed by atoms with Gasteiger partial charge >= 0.3 is 6.09 Å². The van der Waals surface area contributed by atoms with Gasteiger partial charge in [-0.25, -0.2) is 9.78 Å². The quantitative estimate of drug-likeness (QED) is 0.679. The van der Waals surface area contributed by atoms with Crippen LogP contribution in [0.3, 0.4) is 0 Å². The first-order chi connectivity index (χ1) is 5.72. The standard InChI is InChI=1S/C8H10N2O2/c1-6-3-4-7(10-5-6)12-8(11)9-2/h3-5H,1-2H3,(H,9,11). The fraction of sp³-hybridized carbons (Fsp3) is 0.250. The van der Waals surface area contributed by atoms with Crippen LogP contribution < -0.4 is 10.1 Å². The number of hydrogen-bond donors (Lipinski definition) is 1. The monoisotopic (exact) mass is 166 g/mol. The van der Waals surface area contributed by atoms with Crippen molar-refractivity contribution in [3.05, 3.63) is 23.9 Å². The molecule has 0 radical (unpaired) electrons. The second kappa shape index (κ2) is 3.71. The summed E-state index contributed by atoms with van der Waals surface area (Å²) in [5.74, 6) is 0.306. The molecule has 0 saturated carbocycles. The predicted octanol–water partition coefficient (Wildman–Crippen LogP) is 1.11. The summed E-state index contributed by atoms with van der Waals surface area (Å²) >= 11 is 0. The molecule has 0 spiro atoms. The molecule has 0 atom stereocenters. The Morgan fingerprint density at radius 3 is 2.83 bits per heavy atom. The first-order valence-electron chi connectivity index (χ1n) is 3.54. The Balaban J connectivity index is 2.64. The van der Waals surface area contributed by atoms with Crippen molar-refractivity contribution < 1.29 is 9.53 Å². The van der Waals surface area contributed by atoms with Crippen molar-refractivity contribution >= 4 is 6.09 Å². The van der Waals surface area contributed by atoms with Crippen LogP contribution in [0, 0.1) is 6.92 Å². The van der Waals surface area contributed by atoms with Crippen LogP contribution in [-0.4, -0.2) is 18.1 Å². The van der Waals surface area contributed by atoms with E-state index in [2.05, 4.69) is 10.3 Å². The van der Waals surface area contributed by atoms with Crippen molar-refractivity contribution in [2.24, 2.45) is 0 Å². The van der Waals surface area contributed by atoms with E-state index in [1.54, 1.807) is 12.3 Å². The summed E-state index contributed by atoms with van der Waals surface area (Å²) in [6.45, 7) is 1.91. The molecule has 0 unspecified atom stereocenters. The third-order valence-corrected chi connectivity index (χ3v) is 1.29. The SMILES string of the molecule is CNC(=O)Oc1ccc(C)cn1. The van der Waals surface area contributed by atoms with Crippen molar-refractivity contribution in [1.29, 1.82) is 0 Å². The zero-order chi connectivity index (χ0) is 8.97. The molecule has 1 rings (SSSR count). The van der Waals surface area contributed by atoms with Gasteiger partial charge in [-0.3, -0.25) is 0 Å². The summed E-state index contributed by atoms with van der Waals surface area (Å²) in [7, 11) is 1.50. The van der Waals surface area contributed by atoms with Crippen LogP contribution in [-0.2, 0) is 0 Å². The van der Waals surface area contributed by atoms with E-state index >= 15 is 0 Å². The van der Waals surface area contributed by atoms with Crippen LogP contribution in [0.1, 0.15) is 5.56 Å². The van der Waals surface area contributed by atoms with Gasteiger partial charge in [-0.2, -0.15) is 0 Å². The summed E-state index contributed by atoms with van der Waals surface area (Å²) in [6, 6.07) is 3.47. The third-order valence-electron chi connectivity index (χ3n) is 1.29. The number of rotatable bonds is 1. The summed E-state index contributed by atoms with van der Waals surface area (Å²) in [4.78, 5) is 14.6. The molecule has 0 aromatic carbocycles. The Kier molecular flexibility index (Phi) is 2.63. The molecular weight excluding hydrogens is 156 g/mol. The molecule has 12 heavy (non-hydrogen) atoms. The third kappa shape index (κ3) is 2.23. The Bertz CT molecular complexity index is 269. The lowest BCUT2D eigenvalue weighted by Crippen LogP contribution is -2.22. The maximum Gasteiger partial charge on any atom is 0.413 e. The summed E-state index contributed by atoms with van der Waals surface area (Å²) in [5, 5.41) is 2.33. The van der Waals surface area contributed by atoms with Gasteiger partial charge in [0.2, 0.25) is 5.88 Å². The number of pyridine rings is 1. The van der Waals surface area contributed by atoms with Crippen LogP contribution in [0.25, 0.3) is 0 Å². The molecule has 64 valence electrons. The molecule has 0 aliphatic rings. The number of hydrogen-bond acceptors (Lipinski definition) is 3. The van der Waals surface area contributed by atoms with Gasteiger partial charge < -0.3 is 10.1 Å². The number of ether oxygens (including phenoxy) is 1. The summed E-state index contributed by atoms with van der Waals surface area (Å²) in [6.07, 6.45) is 1.13. The van der Waals surface area contributed by atoms with Crippen LogP contribution in [0.2, 0.25) is 0 Å². The maximum atomic E-state index is 10.7. The normalized spacial score (nSPS) is 9.17. The van der Waals surface area contributed by atoms with E-state index in [1.165, 1.54) is 7.05 Å². The van der Waals surface area contributed by atoms with Gasteiger partial charge in [-0.05, 0) is 12.5 Å². The van der Waals surface area contributed by atoms with E-state index in [0.717, 1.165) is 5.56 Å². The number of amides is 1. The minimum Gasteiger partial charge on any atom is -0.391 e. The zero-order valence-electron chi connectivity index (χ0n) is 7.00. The van der Waals surface area contributed by atoms with Crippen LogP contribution in [0.15, 0.2) is 18.3 Å². The van der Waals surface area contributed by atoms with E-state index in [9.17, 15) is 4.79 Å². The lowest BCUT2D eigenvalue weighted by molar-refractivity contribution is 0.201. The topological polar surface area (TPSA) is 51.2 Å². The zero-order valence-corrected chi connectivity index (χ0v) is 7.00. The molecule has 1 aromatic rings. The van der Waals surface area contributed by atoms with Crippen LogP contribution in [0.5, 0.6) is 5.88 Å².